The maximum atomic E-state index is 12.7. The second-order valence-electron chi connectivity index (χ2n) is 7.01. The monoisotopic (exact) mass is 374 g/mol. The zero-order chi connectivity index (χ0) is 19.3. The minimum absolute atomic E-state index is 0.0366. The third kappa shape index (κ3) is 4.17. The molecule has 1 aliphatic rings. The van der Waals surface area contributed by atoms with Crippen molar-refractivity contribution in [1.29, 1.82) is 0 Å². The predicted molar refractivity (Wildman–Crippen MR) is 105 cm³/mol. The molecular formula is C22H22N4O2. The fraction of sp³-hybridized carbons (Fsp3) is 0.273. The molecule has 4 rings (SSSR count). The summed E-state index contributed by atoms with van der Waals surface area (Å²) in [7, 11) is 0. The van der Waals surface area contributed by atoms with Crippen molar-refractivity contribution < 1.29 is 9.53 Å². The Morgan fingerprint density at radius 1 is 1.18 bits per heavy atom. The summed E-state index contributed by atoms with van der Waals surface area (Å²) in [6, 6.07) is 13.2. The van der Waals surface area contributed by atoms with Gasteiger partial charge in [-0.3, -0.25) is 14.8 Å². The van der Waals surface area contributed by atoms with E-state index in [2.05, 4.69) is 15.0 Å². The number of carbonyl (C=O) groups excluding carboxylic acids is 1. The molecule has 3 aromatic rings. The normalized spacial score (nSPS) is 16.6. The molecule has 0 saturated carbocycles. The Bertz CT molecular complexity index is 962. The average molecular weight is 374 g/mol. The van der Waals surface area contributed by atoms with E-state index < -0.39 is 0 Å². The van der Waals surface area contributed by atoms with Crippen molar-refractivity contribution in [3.05, 3.63) is 78.0 Å². The molecule has 0 N–H and O–H groups in total. The average Bonchev–Trinajstić information content (AvgIpc) is 2.74. The highest BCUT2D eigenvalue weighted by atomic mass is 16.5. The van der Waals surface area contributed by atoms with E-state index in [1.165, 1.54) is 0 Å². The van der Waals surface area contributed by atoms with Crippen molar-refractivity contribution >= 4 is 5.91 Å². The molecule has 6 nitrogen and oxygen atoms in total. The van der Waals surface area contributed by atoms with E-state index in [0.717, 1.165) is 36.4 Å². The predicted octanol–water partition coefficient (Wildman–Crippen LogP) is 3.99. The smallest absolute Gasteiger partial charge is 0.272 e. The molecule has 28 heavy (non-hydrogen) atoms. The molecule has 1 saturated heterocycles. The quantitative estimate of drug-likeness (QED) is 0.691. The van der Waals surface area contributed by atoms with Gasteiger partial charge in [0.2, 0.25) is 5.88 Å². The number of benzene rings is 1. The lowest BCUT2D eigenvalue weighted by Gasteiger charge is -2.32. The maximum absolute atomic E-state index is 12.7. The van der Waals surface area contributed by atoms with Gasteiger partial charge in [0.05, 0.1) is 11.9 Å². The van der Waals surface area contributed by atoms with Gasteiger partial charge in [-0.2, -0.15) is 0 Å². The first-order chi connectivity index (χ1) is 13.7. The summed E-state index contributed by atoms with van der Waals surface area (Å²) < 4.78 is 5.87. The number of rotatable bonds is 4. The van der Waals surface area contributed by atoms with Gasteiger partial charge >= 0.3 is 0 Å². The van der Waals surface area contributed by atoms with Crippen LogP contribution < -0.4 is 4.74 Å². The van der Waals surface area contributed by atoms with Crippen LogP contribution in [0.1, 0.15) is 40.5 Å². The lowest BCUT2D eigenvalue weighted by Crippen LogP contribution is -2.39. The summed E-state index contributed by atoms with van der Waals surface area (Å²) in [5.74, 6) is 1.30. The number of hydrogen-bond donors (Lipinski definition) is 0. The van der Waals surface area contributed by atoms with Crippen LogP contribution >= 0.6 is 0 Å². The van der Waals surface area contributed by atoms with Gasteiger partial charge < -0.3 is 9.64 Å². The molecule has 3 heterocycles. The number of pyridine rings is 1. The fourth-order valence-corrected chi connectivity index (χ4v) is 3.46. The highest BCUT2D eigenvalue weighted by molar-refractivity contribution is 5.92. The van der Waals surface area contributed by atoms with E-state index in [1.807, 2.05) is 48.2 Å². The first kappa shape index (κ1) is 18.1. The van der Waals surface area contributed by atoms with E-state index in [4.69, 9.17) is 4.74 Å². The molecule has 1 amide bonds. The number of amides is 1. The number of nitrogens with zero attached hydrogens (tertiary/aromatic N) is 4. The van der Waals surface area contributed by atoms with Crippen LogP contribution in [0.25, 0.3) is 0 Å². The molecule has 1 unspecified atom stereocenters. The second-order valence-corrected chi connectivity index (χ2v) is 7.01. The molecule has 1 fully saturated rings. The minimum atomic E-state index is -0.0366. The minimum Gasteiger partial charge on any atom is -0.437 e. The van der Waals surface area contributed by atoms with Gasteiger partial charge in [-0.15, -0.1) is 0 Å². The topological polar surface area (TPSA) is 68.2 Å². The van der Waals surface area contributed by atoms with Gasteiger partial charge in [-0.25, -0.2) is 4.98 Å². The van der Waals surface area contributed by atoms with Gasteiger partial charge in [0, 0.05) is 31.4 Å². The van der Waals surface area contributed by atoms with Crippen LogP contribution in [0.3, 0.4) is 0 Å². The fourth-order valence-electron chi connectivity index (χ4n) is 3.46. The summed E-state index contributed by atoms with van der Waals surface area (Å²) in [6.45, 7) is 3.36. The van der Waals surface area contributed by atoms with Crippen molar-refractivity contribution in [2.24, 2.45) is 0 Å². The van der Waals surface area contributed by atoms with Crippen LogP contribution in [-0.4, -0.2) is 38.8 Å². The van der Waals surface area contributed by atoms with Crippen molar-refractivity contribution in [2.75, 3.05) is 13.1 Å². The zero-order valence-corrected chi connectivity index (χ0v) is 15.8. The van der Waals surface area contributed by atoms with Crippen LogP contribution in [-0.2, 0) is 0 Å². The lowest BCUT2D eigenvalue weighted by atomic mass is 9.95. The van der Waals surface area contributed by atoms with Crippen LogP contribution in [0.5, 0.6) is 11.6 Å². The Labute approximate surface area is 164 Å². The summed E-state index contributed by atoms with van der Waals surface area (Å²) in [5.41, 5.74) is 2.45. The number of aromatic nitrogens is 3. The van der Waals surface area contributed by atoms with Gasteiger partial charge in [-0.1, -0.05) is 18.2 Å². The van der Waals surface area contributed by atoms with Crippen LogP contribution in [0.2, 0.25) is 0 Å². The molecule has 2 aromatic heterocycles. The number of piperidine rings is 1. The highest BCUT2D eigenvalue weighted by Gasteiger charge is 2.27. The third-order valence-corrected chi connectivity index (χ3v) is 4.85. The van der Waals surface area contributed by atoms with E-state index >= 15 is 0 Å². The Balaban J connectivity index is 1.48. The standard InChI is InChI=1S/C22H22N4O2/c1-16-6-4-8-18(12-16)28-21-14-23-13-20(25-21)17-7-5-11-26(15-17)22(27)19-9-2-3-10-24-19/h2-4,6,8-10,12-14,17H,5,7,11,15H2,1H3. The maximum Gasteiger partial charge on any atom is 0.272 e. The van der Waals surface area contributed by atoms with Gasteiger partial charge in [-0.05, 0) is 49.6 Å². The van der Waals surface area contributed by atoms with E-state index in [1.54, 1.807) is 24.7 Å². The molecule has 0 bridgehead atoms. The molecule has 1 aromatic carbocycles. The molecule has 0 radical (unpaired) electrons. The number of carbonyl (C=O) groups is 1. The first-order valence-electron chi connectivity index (χ1n) is 9.46. The van der Waals surface area contributed by atoms with Crippen LogP contribution in [0.15, 0.2) is 61.1 Å². The van der Waals surface area contributed by atoms with E-state index in [0.29, 0.717) is 18.1 Å². The van der Waals surface area contributed by atoms with Gasteiger partial charge in [0.25, 0.3) is 5.91 Å². The number of hydrogen-bond acceptors (Lipinski definition) is 5. The molecule has 1 aliphatic heterocycles. The van der Waals surface area contributed by atoms with Crippen molar-refractivity contribution in [3.8, 4) is 11.6 Å². The number of likely N-dealkylation sites (tertiary alicyclic amines) is 1. The summed E-state index contributed by atoms with van der Waals surface area (Å²) >= 11 is 0. The molecular weight excluding hydrogens is 352 g/mol. The molecule has 0 aliphatic carbocycles. The van der Waals surface area contributed by atoms with Crippen molar-refractivity contribution in [2.45, 2.75) is 25.7 Å². The van der Waals surface area contributed by atoms with E-state index in [9.17, 15) is 4.79 Å². The second kappa shape index (κ2) is 8.17. The summed E-state index contributed by atoms with van der Waals surface area (Å²) in [4.78, 5) is 27.7. The molecule has 0 spiro atoms. The SMILES string of the molecule is Cc1cccc(Oc2cncc(C3CCCN(C(=O)c4ccccn4)C3)n2)c1. The Morgan fingerprint density at radius 2 is 2.11 bits per heavy atom. The summed E-state index contributed by atoms with van der Waals surface area (Å²) in [5, 5.41) is 0. The zero-order valence-electron chi connectivity index (χ0n) is 15.8. The highest BCUT2D eigenvalue weighted by Crippen LogP contribution is 2.28. The Kier molecular flexibility index (Phi) is 5.28. The van der Waals surface area contributed by atoms with Gasteiger partial charge in [0.15, 0.2) is 0 Å². The number of ether oxygens (including phenoxy) is 1. The Hall–Kier alpha value is -3.28. The Morgan fingerprint density at radius 3 is 2.93 bits per heavy atom. The number of aryl methyl sites for hydroxylation is 1. The van der Waals surface area contributed by atoms with E-state index in [-0.39, 0.29) is 11.8 Å². The van der Waals surface area contributed by atoms with Crippen LogP contribution in [0.4, 0.5) is 0 Å². The third-order valence-electron chi connectivity index (χ3n) is 4.85. The van der Waals surface area contributed by atoms with Crippen molar-refractivity contribution in [3.63, 3.8) is 0 Å². The van der Waals surface area contributed by atoms with Crippen LogP contribution in [0, 0.1) is 6.92 Å². The largest absolute Gasteiger partial charge is 0.437 e. The first-order valence-corrected chi connectivity index (χ1v) is 9.46. The molecule has 142 valence electrons. The molecule has 6 heteroatoms. The summed E-state index contributed by atoms with van der Waals surface area (Å²) in [6.07, 6.45) is 6.92. The lowest BCUT2D eigenvalue weighted by molar-refractivity contribution is 0.0699. The van der Waals surface area contributed by atoms with Gasteiger partial charge in [0.1, 0.15) is 11.4 Å². The van der Waals surface area contributed by atoms with Crippen molar-refractivity contribution in [1.82, 2.24) is 19.9 Å². The molecule has 1 atom stereocenters.